The maximum absolute atomic E-state index is 13.3. The minimum absolute atomic E-state index is 0.244. The lowest BCUT2D eigenvalue weighted by molar-refractivity contribution is 0.252. The fourth-order valence-corrected chi connectivity index (χ4v) is 5.63. The van der Waals surface area contributed by atoms with E-state index >= 15 is 0 Å². The summed E-state index contributed by atoms with van der Waals surface area (Å²) in [6.45, 7) is 8.32. The zero-order valence-electron chi connectivity index (χ0n) is 8.98. The second-order valence-electron chi connectivity index (χ2n) is 5.08. The highest BCUT2D eigenvalue weighted by atomic mass is 28.4. The number of hydrogen-bond donors (Lipinski definition) is 0. The Bertz CT molecular complexity index is 160. The van der Waals surface area contributed by atoms with Crippen molar-refractivity contribution in [2.75, 3.05) is 0 Å². The van der Waals surface area contributed by atoms with Crippen LogP contribution in [0.15, 0.2) is 0 Å². The van der Waals surface area contributed by atoms with Gasteiger partial charge in [-0.1, -0.05) is 27.7 Å². The molecular formula is C10H20F2Si. The van der Waals surface area contributed by atoms with Crippen LogP contribution in [-0.4, -0.2) is 8.74 Å². The Labute approximate surface area is 81.1 Å². The van der Waals surface area contributed by atoms with Gasteiger partial charge in [0.15, 0.2) is 0 Å². The molecule has 0 nitrogen and oxygen atoms in total. The summed E-state index contributed by atoms with van der Waals surface area (Å²) >= 11 is 0. The first-order valence-corrected chi connectivity index (χ1v) is 7.38. The van der Waals surface area contributed by atoms with Crippen molar-refractivity contribution >= 4 is 8.74 Å². The Kier molecular flexibility index (Phi) is 3.15. The quantitative estimate of drug-likeness (QED) is 0.474. The number of rotatable bonds is 2. The van der Waals surface area contributed by atoms with E-state index in [9.17, 15) is 8.22 Å². The van der Waals surface area contributed by atoms with Gasteiger partial charge in [-0.05, 0) is 23.7 Å². The molecule has 0 aromatic rings. The summed E-state index contributed by atoms with van der Waals surface area (Å²) in [5.74, 6) is 1.41. The Hall–Kier alpha value is 0.0769. The first-order valence-electron chi connectivity index (χ1n) is 5.21. The molecule has 1 saturated heterocycles. The molecule has 0 radical (unpaired) electrons. The van der Waals surface area contributed by atoms with Crippen LogP contribution in [0.1, 0.15) is 27.7 Å². The van der Waals surface area contributed by atoms with Crippen molar-refractivity contribution in [1.29, 1.82) is 0 Å². The van der Waals surface area contributed by atoms with Gasteiger partial charge >= 0.3 is 8.74 Å². The third-order valence-corrected chi connectivity index (χ3v) is 5.47. The van der Waals surface area contributed by atoms with Gasteiger partial charge in [-0.25, -0.2) is 0 Å². The lowest BCUT2D eigenvalue weighted by atomic mass is 9.80. The lowest BCUT2D eigenvalue weighted by Gasteiger charge is -2.25. The highest BCUT2D eigenvalue weighted by Gasteiger charge is 2.51. The monoisotopic (exact) mass is 206 g/mol. The molecule has 0 aromatic heterocycles. The molecule has 13 heavy (non-hydrogen) atoms. The Morgan fingerprint density at radius 1 is 0.923 bits per heavy atom. The van der Waals surface area contributed by atoms with Crippen LogP contribution < -0.4 is 0 Å². The maximum atomic E-state index is 13.3. The summed E-state index contributed by atoms with van der Waals surface area (Å²) in [5, 5.41) is 0. The van der Waals surface area contributed by atoms with Crippen molar-refractivity contribution in [3.63, 3.8) is 0 Å². The van der Waals surface area contributed by atoms with Crippen molar-refractivity contribution in [2.45, 2.75) is 39.8 Å². The molecule has 1 heterocycles. The molecule has 1 rings (SSSR count). The fraction of sp³-hybridized carbons (Fsp3) is 1.00. The standard InChI is InChI=1S/C10H20F2Si/c1-7(2)9-5-13(11,12)6-10(9)8(3)4/h7-10H,5-6H2,1-4H3. The summed E-state index contributed by atoms with van der Waals surface area (Å²) in [4.78, 5) is 0. The summed E-state index contributed by atoms with van der Waals surface area (Å²) in [6, 6.07) is 0.487. The fourth-order valence-electron chi connectivity index (χ4n) is 2.54. The third-order valence-electron chi connectivity index (χ3n) is 3.33. The number of halogens is 2. The summed E-state index contributed by atoms with van der Waals surface area (Å²) in [6.07, 6.45) is 0. The van der Waals surface area contributed by atoms with Gasteiger partial charge in [-0.2, -0.15) is 0 Å². The van der Waals surface area contributed by atoms with Crippen molar-refractivity contribution in [3.8, 4) is 0 Å². The molecule has 1 aliphatic heterocycles. The lowest BCUT2D eigenvalue weighted by Crippen LogP contribution is -2.18. The third kappa shape index (κ3) is 2.52. The molecule has 2 unspecified atom stereocenters. The Morgan fingerprint density at radius 2 is 1.23 bits per heavy atom. The van der Waals surface area contributed by atoms with Crippen molar-refractivity contribution < 1.29 is 8.22 Å². The van der Waals surface area contributed by atoms with E-state index in [0.717, 1.165) is 0 Å². The molecule has 3 heteroatoms. The predicted octanol–water partition coefficient (Wildman–Crippen LogP) is 3.93. The molecule has 2 atom stereocenters. The van der Waals surface area contributed by atoms with Gasteiger partial charge in [-0.3, -0.25) is 8.22 Å². The van der Waals surface area contributed by atoms with E-state index < -0.39 is 8.74 Å². The SMILES string of the molecule is CC(C)C1C[Si](F)(F)CC1C(C)C. The van der Waals surface area contributed by atoms with Crippen LogP contribution in [0.4, 0.5) is 8.22 Å². The second kappa shape index (κ2) is 3.68. The van der Waals surface area contributed by atoms with Crippen LogP contribution in [0.3, 0.4) is 0 Å². The molecule has 0 N–H and O–H groups in total. The van der Waals surface area contributed by atoms with Gasteiger partial charge in [-0.15, -0.1) is 0 Å². The predicted molar refractivity (Wildman–Crippen MR) is 54.2 cm³/mol. The van der Waals surface area contributed by atoms with E-state index in [0.29, 0.717) is 11.8 Å². The molecule has 78 valence electrons. The maximum Gasteiger partial charge on any atom is 0.425 e. The van der Waals surface area contributed by atoms with Gasteiger partial charge in [0.05, 0.1) is 0 Å². The molecule has 0 spiro atoms. The first-order chi connectivity index (χ1) is 5.83. The van der Waals surface area contributed by atoms with Gasteiger partial charge in [0.2, 0.25) is 0 Å². The van der Waals surface area contributed by atoms with Crippen LogP contribution in [-0.2, 0) is 0 Å². The molecule has 0 amide bonds. The minimum atomic E-state index is -3.79. The van der Waals surface area contributed by atoms with Crippen LogP contribution in [0.5, 0.6) is 0 Å². The van der Waals surface area contributed by atoms with Gasteiger partial charge in [0, 0.05) is 12.1 Å². The van der Waals surface area contributed by atoms with E-state index in [2.05, 4.69) is 27.7 Å². The average molecular weight is 206 g/mol. The zero-order valence-corrected chi connectivity index (χ0v) is 9.98. The van der Waals surface area contributed by atoms with Gasteiger partial charge in [0.1, 0.15) is 0 Å². The molecule has 0 bridgehead atoms. The number of hydrogen-bond acceptors (Lipinski definition) is 0. The van der Waals surface area contributed by atoms with E-state index in [1.807, 2.05) is 0 Å². The topological polar surface area (TPSA) is 0 Å². The first kappa shape index (κ1) is 11.2. The smallest absolute Gasteiger partial charge is 0.270 e. The minimum Gasteiger partial charge on any atom is -0.270 e. The van der Waals surface area contributed by atoms with Crippen LogP contribution in [0, 0.1) is 23.7 Å². The highest BCUT2D eigenvalue weighted by molar-refractivity contribution is 6.67. The summed E-state index contributed by atoms with van der Waals surface area (Å²) < 4.78 is 26.6. The summed E-state index contributed by atoms with van der Waals surface area (Å²) in [7, 11) is -3.79. The normalized spacial score (nSPS) is 33.2. The molecule has 0 aliphatic carbocycles. The molecule has 0 saturated carbocycles. The van der Waals surface area contributed by atoms with E-state index in [1.54, 1.807) is 0 Å². The highest BCUT2D eigenvalue weighted by Crippen LogP contribution is 2.47. The Morgan fingerprint density at radius 3 is 1.46 bits per heavy atom. The van der Waals surface area contributed by atoms with E-state index in [-0.39, 0.29) is 23.9 Å². The average Bonchev–Trinajstić information content (AvgIpc) is 2.26. The second-order valence-corrected chi connectivity index (χ2v) is 7.61. The molecular weight excluding hydrogens is 186 g/mol. The van der Waals surface area contributed by atoms with Crippen molar-refractivity contribution in [1.82, 2.24) is 0 Å². The molecule has 1 aliphatic rings. The van der Waals surface area contributed by atoms with Crippen molar-refractivity contribution in [3.05, 3.63) is 0 Å². The van der Waals surface area contributed by atoms with E-state index in [1.165, 1.54) is 0 Å². The Balaban J connectivity index is 2.71. The molecule has 0 aromatic carbocycles. The van der Waals surface area contributed by atoms with Gasteiger partial charge in [0.25, 0.3) is 0 Å². The largest absolute Gasteiger partial charge is 0.425 e. The zero-order chi connectivity index (χ0) is 10.2. The molecule has 1 fully saturated rings. The van der Waals surface area contributed by atoms with Crippen LogP contribution in [0.2, 0.25) is 12.1 Å². The summed E-state index contributed by atoms with van der Waals surface area (Å²) in [5.41, 5.74) is 0. The van der Waals surface area contributed by atoms with Crippen LogP contribution in [0.25, 0.3) is 0 Å². The van der Waals surface area contributed by atoms with Crippen LogP contribution >= 0.6 is 0 Å². The van der Waals surface area contributed by atoms with Gasteiger partial charge < -0.3 is 0 Å². The van der Waals surface area contributed by atoms with E-state index in [4.69, 9.17) is 0 Å². The van der Waals surface area contributed by atoms with Crippen molar-refractivity contribution in [2.24, 2.45) is 23.7 Å².